The lowest BCUT2D eigenvalue weighted by Gasteiger charge is -2.32. The van der Waals surface area contributed by atoms with Gasteiger partial charge in [0, 0.05) is 42.3 Å². The van der Waals surface area contributed by atoms with Gasteiger partial charge in [0.05, 0.1) is 21.5 Å². The summed E-state index contributed by atoms with van der Waals surface area (Å²) in [5.41, 5.74) is 3.81. The molecule has 7 nitrogen and oxygen atoms in total. The number of carbonyl (C=O) groups excluding carboxylic acids is 1. The van der Waals surface area contributed by atoms with Crippen molar-refractivity contribution >= 4 is 64.2 Å². The summed E-state index contributed by atoms with van der Waals surface area (Å²) < 4.78 is 0.862. The Bertz CT molecular complexity index is 1160. The van der Waals surface area contributed by atoms with Crippen LogP contribution in [-0.2, 0) is 11.3 Å². The Balaban J connectivity index is 1.19. The molecule has 0 aliphatic carbocycles. The van der Waals surface area contributed by atoms with Crippen LogP contribution < -0.4 is 10.6 Å². The Morgan fingerprint density at radius 3 is 2.69 bits per heavy atom. The average molecular weight is 551 g/mol. The van der Waals surface area contributed by atoms with Crippen molar-refractivity contribution in [2.75, 3.05) is 24.2 Å². The monoisotopic (exact) mass is 549 g/mol. The number of aromatic nitrogens is 1. The molecular weight excluding hydrogens is 525 g/mol. The van der Waals surface area contributed by atoms with Gasteiger partial charge in [0.25, 0.3) is 0 Å². The molecule has 1 aliphatic heterocycles. The van der Waals surface area contributed by atoms with Crippen LogP contribution in [0.4, 0.5) is 5.69 Å². The van der Waals surface area contributed by atoms with Crippen LogP contribution in [-0.4, -0.2) is 52.2 Å². The zero-order chi connectivity index (χ0) is 24.6. The summed E-state index contributed by atoms with van der Waals surface area (Å²) in [4.78, 5) is 19.5. The summed E-state index contributed by atoms with van der Waals surface area (Å²) in [7, 11) is 0. The number of nitrogens with zero attached hydrogens (tertiary/aromatic N) is 3. The second kappa shape index (κ2) is 12.6. The number of amides is 1. The molecule has 1 fully saturated rings. The molecular formula is C24H25Cl2N5O2S2. The van der Waals surface area contributed by atoms with Gasteiger partial charge in [-0.2, -0.15) is 0 Å². The lowest BCUT2D eigenvalue weighted by molar-refractivity contribution is -0.119. The van der Waals surface area contributed by atoms with E-state index in [1.165, 1.54) is 29.4 Å². The fraction of sp³-hybridized carbons (Fsp3) is 0.292. The first-order valence-corrected chi connectivity index (χ1v) is 13.7. The van der Waals surface area contributed by atoms with Gasteiger partial charge in [-0.1, -0.05) is 58.3 Å². The predicted octanol–water partition coefficient (Wildman–Crippen LogP) is 5.82. The van der Waals surface area contributed by atoms with E-state index in [-0.39, 0.29) is 11.9 Å². The van der Waals surface area contributed by atoms with Gasteiger partial charge < -0.3 is 15.8 Å². The number of hydrogen-bond acceptors (Lipinski definition) is 7. The molecule has 35 heavy (non-hydrogen) atoms. The summed E-state index contributed by atoms with van der Waals surface area (Å²) in [6.45, 7) is 2.68. The third-order valence-electron chi connectivity index (χ3n) is 5.62. The van der Waals surface area contributed by atoms with E-state index in [0.717, 1.165) is 59.3 Å². The average Bonchev–Trinajstić information content (AvgIpc) is 3.34. The summed E-state index contributed by atoms with van der Waals surface area (Å²) in [6, 6.07) is 13.6. The van der Waals surface area contributed by atoms with E-state index >= 15 is 0 Å². The molecule has 1 saturated heterocycles. The lowest BCUT2D eigenvalue weighted by Crippen LogP contribution is -2.44. The second-order valence-electron chi connectivity index (χ2n) is 8.12. The summed E-state index contributed by atoms with van der Waals surface area (Å²) in [6.07, 6.45) is 3.06. The molecule has 2 aromatic carbocycles. The van der Waals surface area contributed by atoms with Gasteiger partial charge in [0.2, 0.25) is 5.91 Å². The molecule has 0 atom stereocenters. The molecule has 11 heteroatoms. The molecule has 2 heterocycles. The highest BCUT2D eigenvalue weighted by Gasteiger charge is 2.21. The zero-order valence-electron chi connectivity index (χ0n) is 18.8. The number of piperidine rings is 1. The van der Waals surface area contributed by atoms with Crippen LogP contribution in [0.5, 0.6) is 0 Å². The number of thiazole rings is 1. The van der Waals surface area contributed by atoms with Crippen LogP contribution in [0.1, 0.15) is 18.4 Å². The summed E-state index contributed by atoms with van der Waals surface area (Å²) >= 11 is 15.1. The number of nitrogens with one attached hydrogen (secondary N) is 2. The molecule has 184 valence electrons. The molecule has 0 unspecified atom stereocenters. The zero-order valence-corrected chi connectivity index (χ0v) is 21.9. The van der Waals surface area contributed by atoms with Gasteiger partial charge in [0.1, 0.15) is 6.34 Å². The smallest absolute Gasteiger partial charge is 0.230 e. The first-order valence-electron chi connectivity index (χ1n) is 11.1. The van der Waals surface area contributed by atoms with Crippen molar-refractivity contribution in [2.24, 2.45) is 5.16 Å². The van der Waals surface area contributed by atoms with E-state index in [1.54, 1.807) is 0 Å². The topological polar surface area (TPSA) is 89.8 Å². The van der Waals surface area contributed by atoms with Crippen molar-refractivity contribution in [3.05, 3.63) is 63.5 Å². The fourth-order valence-corrected chi connectivity index (χ4v) is 5.79. The highest BCUT2D eigenvalue weighted by atomic mass is 35.5. The maximum absolute atomic E-state index is 12.5. The molecule has 1 aliphatic rings. The van der Waals surface area contributed by atoms with Crippen molar-refractivity contribution in [3.63, 3.8) is 0 Å². The maximum Gasteiger partial charge on any atom is 0.230 e. The normalized spacial score (nSPS) is 14.9. The van der Waals surface area contributed by atoms with Gasteiger partial charge in [0.15, 0.2) is 4.34 Å². The van der Waals surface area contributed by atoms with Crippen molar-refractivity contribution in [2.45, 2.75) is 29.8 Å². The van der Waals surface area contributed by atoms with Crippen molar-refractivity contribution in [1.29, 1.82) is 0 Å². The van der Waals surface area contributed by atoms with Gasteiger partial charge in [-0.25, -0.2) is 4.98 Å². The lowest BCUT2D eigenvalue weighted by atomic mass is 10.0. The first-order chi connectivity index (χ1) is 17.0. The van der Waals surface area contributed by atoms with Gasteiger partial charge in [-0.15, -0.1) is 11.3 Å². The largest absolute Gasteiger partial charge is 0.410 e. The molecule has 1 aromatic heterocycles. The van der Waals surface area contributed by atoms with Crippen LogP contribution in [0, 0.1) is 0 Å². The third-order valence-corrected chi connectivity index (χ3v) is 8.38. The Kier molecular flexibility index (Phi) is 9.28. The Morgan fingerprint density at radius 1 is 1.20 bits per heavy atom. The standard InChI is InChI=1S/C24H25Cl2N5O2S2/c25-20-6-1-16(11-21(20)26)12-31-9-7-19(8-10-31)29-23(32)14-35-24-30-22(13-34-24)17-2-4-18(5-3-17)27-15-28-33/h1-6,11,13,15,19,33H,7-10,12,14H2,(H,27,28)(H,29,32). The van der Waals surface area contributed by atoms with Crippen LogP contribution in [0.25, 0.3) is 11.3 Å². The first kappa shape index (κ1) is 25.8. The third kappa shape index (κ3) is 7.59. The quantitative estimate of drug-likeness (QED) is 0.102. The number of carbonyl (C=O) groups is 1. The van der Waals surface area contributed by atoms with E-state index in [2.05, 4.69) is 25.7 Å². The number of oxime groups is 1. The molecule has 1 amide bonds. The summed E-state index contributed by atoms with van der Waals surface area (Å²) in [5, 5.41) is 20.5. The molecule has 0 spiro atoms. The van der Waals surface area contributed by atoms with E-state index in [0.29, 0.717) is 15.8 Å². The number of thioether (sulfide) groups is 1. The molecule has 0 bridgehead atoms. The number of likely N-dealkylation sites (tertiary alicyclic amines) is 1. The van der Waals surface area contributed by atoms with E-state index < -0.39 is 0 Å². The highest BCUT2D eigenvalue weighted by molar-refractivity contribution is 8.01. The van der Waals surface area contributed by atoms with Crippen molar-refractivity contribution in [3.8, 4) is 11.3 Å². The number of anilines is 1. The van der Waals surface area contributed by atoms with E-state index in [4.69, 9.17) is 28.4 Å². The minimum Gasteiger partial charge on any atom is -0.410 e. The SMILES string of the molecule is O=C(CSc1nc(-c2ccc(N/C=N\O)cc2)cs1)NC1CCN(Cc2ccc(Cl)c(Cl)c2)CC1. The second-order valence-corrected chi connectivity index (χ2v) is 11.0. The van der Waals surface area contributed by atoms with Crippen LogP contribution in [0.3, 0.4) is 0 Å². The molecule has 4 rings (SSSR count). The molecule has 3 N–H and O–H groups in total. The van der Waals surface area contributed by atoms with Gasteiger partial charge >= 0.3 is 0 Å². The van der Waals surface area contributed by atoms with Gasteiger partial charge in [-0.05, 0) is 42.7 Å². The number of rotatable bonds is 9. The Hall–Kier alpha value is -2.30. The fourth-order valence-electron chi connectivity index (χ4n) is 3.83. The van der Waals surface area contributed by atoms with Crippen LogP contribution >= 0.6 is 46.3 Å². The maximum atomic E-state index is 12.5. The number of benzene rings is 2. The molecule has 0 saturated carbocycles. The predicted molar refractivity (Wildman–Crippen MR) is 145 cm³/mol. The highest BCUT2D eigenvalue weighted by Crippen LogP contribution is 2.29. The van der Waals surface area contributed by atoms with Crippen LogP contribution in [0.2, 0.25) is 10.0 Å². The number of halogens is 2. The van der Waals surface area contributed by atoms with Crippen LogP contribution in [0.15, 0.2) is 57.3 Å². The Labute approximate surface area is 222 Å². The van der Waals surface area contributed by atoms with Gasteiger partial charge in [-0.3, -0.25) is 9.69 Å². The minimum absolute atomic E-state index is 0.0376. The van der Waals surface area contributed by atoms with Crippen molar-refractivity contribution in [1.82, 2.24) is 15.2 Å². The molecule has 0 radical (unpaired) electrons. The number of hydrogen-bond donors (Lipinski definition) is 3. The van der Waals surface area contributed by atoms with Crippen molar-refractivity contribution < 1.29 is 10.0 Å². The van der Waals surface area contributed by atoms with E-state index in [1.807, 2.05) is 47.8 Å². The molecule has 3 aromatic rings. The van der Waals surface area contributed by atoms with E-state index in [9.17, 15) is 4.79 Å². The Morgan fingerprint density at radius 2 is 1.97 bits per heavy atom. The minimum atomic E-state index is 0.0376. The summed E-state index contributed by atoms with van der Waals surface area (Å²) in [5.74, 6) is 0.385.